The van der Waals surface area contributed by atoms with Crippen molar-refractivity contribution in [3.63, 3.8) is 0 Å². The lowest BCUT2D eigenvalue weighted by atomic mass is 9.79. The number of rotatable bonds is 4. The molecule has 7 heteroatoms. The molecule has 0 amide bonds. The summed E-state index contributed by atoms with van der Waals surface area (Å²) in [6, 6.07) is 9.31. The van der Waals surface area contributed by atoms with Crippen LogP contribution in [0.5, 0.6) is 0 Å². The third kappa shape index (κ3) is 3.18. The van der Waals surface area contributed by atoms with Crippen LogP contribution in [-0.4, -0.2) is 35.0 Å². The van der Waals surface area contributed by atoms with Crippen molar-refractivity contribution in [1.29, 1.82) is 0 Å². The number of fused-ring (bicyclic) bond motifs is 1. The SMILES string of the molecule is COC(=O)CC(c1cc2ccccc2n(C)c1=O)C1C(C)NNC1O. The Morgan fingerprint density at radius 3 is 2.72 bits per heavy atom. The number of methoxy groups -OCH3 is 1. The molecule has 4 atom stereocenters. The van der Waals surface area contributed by atoms with Gasteiger partial charge in [-0.3, -0.25) is 15.0 Å². The number of aliphatic hydroxyl groups excluding tert-OH is 1. The van der Waals surface area contributed by atoms with E-state index in [9.17, 15) is 14.7 Å². The number of pyridine rings is 1. The fourth-order valence-electron chi connectivity index (χ4n) is 3.68. The van der Waals surface area contributed by atoms with Gasteiger partial charge in [-0.2, -0.15) is 0 Å². The summed E-state index contributed by atoms with van der Waals surface area (Å²) in [4.78, 5) is 24.9. The molecule has 4 unspecified atom stereocenters. The molecule has 25 heavy (non-hydrogen) atoms. The molecular formula is C18H23N3O4. The second-order valence-corrected chi connectivity index (χ2v) is 6.51. The van der Waals surface area contributed by atoms with E-state index in [2.05, 4.69) is 10.9 Å². The number of aliphatic hydroxyl groups is 1. The number of ether oxygens (including phenoxy) is 1. The minimum Gasteiger partial charge on any atom is -0.469 e. The van der Waals surface area contributed by atoms with Gasteiger partial charge in [0.1, 0.15) is 6.23 Å². The van der Waals surface area contributed by atoms with Crippen molar-refractivity contribution in [2.45, 2.75) is 31.5 Å². The van der Waals surface area contributed by atoms with Gasteiger partial charge in [-0.1, -0.05) is 18.2 Å². The lowest BCUT2D eigenvalue weighted by molar-refractivity contribution is -0.141. The third-order valence-corrected chi connectivity index (χ3v) is 5.04. The van der Waals surface area contributed by atoms with E-state index in [4.69, 9.17) is 4.74 Å². The molecule has 7 nitrogen and oxygen atoms in total. The quantitative estimate of drug-likeness (QED) is 0.704. The first-order valence-corrected chi connectivity index (χ1v) is 8.28. The second kappa shape index (κ2) is 6.95. The maximum atomic E-state index is 13.0. The van der Waals surface area contributed by atoms with Crippen LogP contribution in [-0.2, 0) is 16.6 Å². The Hall–Kier alpha value is -2.22. The molecule has 1 saturated heterocycles. The van der Waals surface area contributed by atoms with E-state index in [-0.39, 0.29) is 23.9 Å². The molecule has 0 aliphatic carbocycles. The van der Waals surface area contributed by atoms with Gasteiger partial charge in [0.15, 0.2) is 0 Å². The van der Waals surface area contributed by atoms with Gasteiger partial charge in [0, 0.05) is 30.5 Å². The van der Waals surface area contributed by atoms with Crippen molar-refractivity contribution >= 4 is 16.9 Å². The number of aryl methyl sites for hydroxylation is 1. The average molecular weight is 345 g/mol. The number of hydrogen-bond acceptors (Lipinski definition) is 6. The molecule has 1 aliphatic heterocycles. The van der Waals surface area contributed by atoms with Crippen LogP contribution < -0.4 is 16.4 Å². The number of para-hydroxylation sites is 1. The first-order valence-electron chi connectivity index (χ1n) is 8.28. The Morgan fingerprint density at radius 1 is 1.36 bits per heavy atom. The number of benzene rings is 1. The highest BCUT2D eigenvalue weighted by atomic mass is 16.5. The number of hydrazine groups is 1. The standard InChI is InChI=1S/C18H23N3O4/c1-10-16(17(23)20-19-10)12(9-15(22)25-3)13-8-11-6-4-5-7-14(11)21(2)18(13)24/h4-8,10,12,16-17,19-20,23H,9H2,1-3H3. The maximum absolute atomic E-state index is 13.0. The summed E-state index contributed by atoms with van der Waals surface area (Å²) in [7, 11) is 3.04. The highest BCUT2D eigenvalue weighted by molar-refractivity contribution is 5.80. The summed E-state index contributed by atoms with van der Waals surface area (Å²) < 4.78 is 6.40. The highest BCUT2D eigenvalue weighted by Gasteiger charge is 2.40. The zero-order valence-electron chi connectivity index (χ0n) is 14.5. The number of aromatic nitrogens is 1. The van der Waals surface area contributed by atoms with Crippen LogP contribution in [0.1, 0.15) is 24.8 Å². The predicted octanol–water partition coefficient (Wildman–Crippen LogP) is 0.616. The Bertz CT molecular complexity index is 838. The van der Waals surface area contributed by atoms with Crippen LogP contribution in [0.25, 0.3) is 10.9 Å². The van der Waals surface area contributed by atoms with Crippen molar-refractivity contribution in [1.82, 2.24) is 15.4 Å². The van der Waals surface area contributed by atoms with Gasteiger partial charge in [0.05, 0.1) is 19.0 Å². The number of nitrogens with one attached hydrogen (secondary N) is 2. The van der Waals surface area contributed by atoms with E-state index in [1.165, 1.54) is 7.11 Å². The monoisotopic (exact) mass is 345 g/mol. The first-order chi connectivity index (χ1) is 11.9. The van der Waals surface area contributed by atoms with E-state index in [1.807, 2.05) is 37.3 Å². The number of nitrogens with zero attached hydrogens (tertiary/aromatic N) is 1. The smallest absolute Gasteiger partial charge is 0.306 e. The molecule has 2 aromatic rings. The van der Waals surface area contributed by atoms with Crippen molar-refractivity contribution in [2.75, 3.05) is 7.11 Å². The van der Waals surface area contributed by atoms with Crippen molar-refractivity contribution < 1.29 is 14.6 Å². The second-order valence-electron chi connectivity index (χ2n) is 6.51. The van der Waals surface area contributed by atoms with Gasteiger partial charge >= 0.3 is 5.97 Å². The fourth-order valence-corrected chi connectivity index (χ4v) is 3.68. The third-order valence-electron chi connectivity index (χ3n) is 5.04. The van der Waals surface area contributed by atoms with Gasteiger partial charge in [-0.05, 0) is 24.4 Å². The Kier molecular flexibility index (Phi) is 4.89. The molecule has 3 rings (SSSR count). The Labute approximate surface area is 145 Å². The zero-order valence-corrected chi connectivity index (χ0v) is 14.5. The fraction of sp³-hybridized carbons (Fsp3) is 0.444. The van der Waals surface area contributed by atoms with Gasteiger partial charge in [-0.25, -0.2) is 5.43 Å². The maximum Gasteiger partial charge on any atom is 0.306 e. The lowest BCUT2D eigenvalue weighted by Gasteiger charge is -2.27. The zero-order chi connectivity index (χ0) is 18.1. The molecule has 0 bridgehead atoms. The number of hydrogen-bond donors (Lipinski definition) is 3. The largest absolute Gasteiger partial charge is 0.469 e. The summed E-state index contributed by atoms with van der Waals surface area (Å²) in [5.41, 5.74) is 6.91. The summed E-state index contributed by atoms with van der Waals surface area (Å²) in [6.45, 7) is 1.91. The molecule has 0 spiro atoms. The van der Waals surface area contributed by atoms with E-state index >= 15 is 0 Å². The van der Waals surface area contributed by atoms with Crippen molar-refractivity contribution in [3.8, 4) is 0 Å². The minimum absolute atomic E-state index is 0.0273. The molecule has 3 N–H and O–H groups in total. The molecule has 1 aromatic carbocycles. The molecule has 0 saturated carbocycles. The van der Waals surface area contributed by atoms with E-state index in [0.29, 0.717) is 5.56 Å². The van der Waals surface area contributed by atoms with E-state index in [1.54, 1.807) is 11.6 Å². The molecule has 1 aliphatic rings. The number of carbonyl (C=O) groups excluding carboxylic acids is 1. The summed E-state index contributed by atoms with van der Waals surface area (Å²) in [5, 5.41) is 11.2. The molecule has 0 radical (unpaired) electrons. The van der Waals surface area contributed by atoms with Gasteiger partial charge in [0.2, 0.25) is 0 Å². The van der Waals surface area contributed by atoms with Crippen molar-refractivity contribution in [2.24, 2.45) is 13.0 Å². The van der Waals surface area contributed by atoms with E-state index in [0.717, 1.165) is 10.9 Å². The summed E-state index contributed by atoms with van der Waals surface area (Å²) in [6.07, 6.45) is -0.833. The van der Waals surface area contributed by atoms with Crippen LogP contribution in [0.4, 0.5) is 0 Å². The van der Waals surface area contributed by atoms with Crippen LogP contribution >= 0.6 is 0 Å². The normalized spacial score (nSPS) is 24.4. The van der Waals surface area contributed by atoms with Gasteiger partial charge < -0.3 is 14.4 Å². The molecule has 134 valence electrons. The minimum atomic E-state index is -0.860. The molecule has 1 aromatic heterocycles. The van der Waals surface area contributed by atoms with Gasteiger partial charge in [-0.15, -0.1) is 0 Å². The number of carbonyl (C=O) groups is 1. The molecule has 2 heterocycles. The van der Waals surface area contributed by atoms with E-state index < -0.39 is 18.1 Å². The van der Waals surface area contributed by atoms with Crippen LogP contribution in [0.2, 0.25) is 0 Å². The number of esters is 1. The topological polar surface area (TPSA) is 92.6 Å². The molecular weight excluding hydrogens is 322 g/mol. The highest BCUT2D eigenvalue weighted by Crippen LogP contribution is 2.34. The Morgan fingerprint density at radius 2 is 2.08 bits per heavy atom. The van der Waals surface area contributed by atoms with Crippen LogP contribution in [0.15, 0.2) is 35.1 Å². The summed E-state index contributed by atoms with van der Waals surface area (Å²) in [5.74, 6) is -1.22. The van der Waals surface area contributed by atoms with Gasteiger partial charge in [0.25, 0.3) is 5.56 Å². The average Bonchev–Trinajstić information content (AvgIpc) is 2.94. The Balaban J connectivity index is 2.16. The van der Waals surface area contributed by atoms with Crippen LogP contribution in [0.3, 0.4) is 0 Å². The molecule has 1 fully saturated rings. The predicted molar refractivity (Wildman–Crippen MR) is 93.8 cm³/mol. The van der Waals surface area contributed by atoms with Crippen LogP contribution in [0, 0.1) is 5.92 Å². The first kappa shape index (κ1) is 17.6. The lowest BCUT2D eigenvalue weighted by Crippen LogP contribution is -2.36. The summed E-state index contributed by atoms with van der Waals surface area (Å²) >= 11 is 0. The van der Waals surface area contributed by atoms with Crippen molar-refractivity contribution in [3.05, 3.63) is 46.2 Å².